The van der Waals surface area contributed by atoms with Gasteiger partial charge in [-0.25, -0.2) is 0 Å². The summed E-state index contributed by atoms with van der Waals surface area (Å²) in [6.07, 6.45) is 6.49. The van der Waals surface area contributed by atoms with Crippen LogP contribution in [0, 0.1) is 0 Å². The van der Waals surface area contributed by atoms with Gasteiger partial charge >= 0.3 is 0 Å². The van der Waals surface area contributed by atoms with Gasteiger partial charge in [0.2, 0.25) is 0 Å². The lowest BCUT2D eigenvalue weighted by molar-refractivity contribution is 0.667. The third-order valence-corrected chi connectivity index (χ3v) is 3.05. The monoisotopic (exact) mass is 228 g/mol. The van der Waals surface area contributed by atoms with E-state index in [0.29, 0.717) is 0 Å². The molecule has 0 aliphatic rings. The van der Waals surface area contributed by atoms with E-state index in [1.54, 1.807) is 0 Å². The summed E-state index contributed by atoms with van der Waals surface area (Å²) in [5.74, 6) is 0. The number of nitrogens with zero attached hydrogens (tertiary/aromatic N) is 1. The van der Waals surface area contributed by atoms with Crippen LogP contribution in [0.5, 0.6) is 0 Å². The van der Waals surface area contributed by atoms with Gasteiger partial charge in [-0.3, -0.25) is 0 Å². The maximum Gasteiger partial charge on any atom is 0.0483 e. The maximum atomic E-state index is 3.77. The summed E-state index contributed by atoms with van der Waals surface area (Å²) >= 11 is 0. The molecule has 1 heterocycles. The summed E-state index contributed by atoms with van der Waals surface area (Å²) in [6, 6.07) is 8.61. The molecule has 0 radical (unpaired) electrons. The van der Waals surface area contributed by atoms with E-state index < -0.39 is 0 Å². The van der Waals surface area contributed by atoms with E-state index in [4.69, 9.17) is 0 Å². The Hall–Kier alpha value is -1.54. The fourth-order valence-corrected chi connectivity index (χ4v) is 2.25. The van der Waals surface area contributed by atoms with Crippen LogP contribution in [0.4, 0.5) is 0 Å². The highest BCUT2D eigenvalue weighted by Crippen LogP contribution is 2.21. The van der Waals surface area contributed by atoms with E-state index in [2.05, 4.69) is 46.9 Å². The van der Waals surface area contributed by atoms with Crippen molar-refractivity contribution in [3.8, 4) is 0 Å². The highest BCUT2D eigenvalue weighted by molar-refractivity contribution is 5.83. The van der Waals surface area contributed by atoms with Crippen LogP contribution >= 0.6 is 0 Å². The topological polar surface area (TPSA) is 17.0 Å². The number of nitrogens with one attached hydrogen (secondary N) is 1. The molecule has 1 aromatic heterocycles. The predicted octanol–water partition coefficient (Wildman–Crippen LogP) is 3.33. The zero-order valence-corrected chi connectivity index (χ0v) is 10.4. The molecule has 1 aromatic carbocycles. The van der Waals surface area contributed by atoms with Crippen molar-refractivity contribution in [2.45, 2.75) is 25.9 Å². The largest absolute Gasteiger partial charge is 0.347 e. The van der Waals surface area contributed by atoms with Crippen molar-refractivity contribution >= 4 is 10.9 Å². The molecule has 0 amide bonds. The fraction of sp³-hybridized carbons (Fsp3) is 0.333. The zero-order chi connectivity index (χ0) is 12.1. The average molecular weight is 228 g/mol. The third-order valence-electron chi connectivity index (χ3n) is 3.05. The number of aryl methyl sites for hydroxylation is 1. The van der Waals surface area contributed by atoms with Crippen molar-refractivity contribution in [1.29, 1.82) is 0 Å². The number of fused-ring (bicyclic) bond motifs is 1. The van der Waals surface area contributed by atoms with Gasteiger partial charge in [0.05, 0.1) is 0 Å². The summed E-state index contributed by atoms with van der Waals surface area (Å²) < 4.78 is 2.35. The number of hydrogen-bond acceptors (Lipinski definition) is 1. The first-order valence-electron chi connectivity index (χ1n) is 6.19. The molecule has 0 atom stereocenters. The van der Waals surface area contributed by atoms with Gasteiger partial charge in [-0.15, -0.1) is 6.58 Å². The molecule has 2 rings (SSSR count). The molecule has 2 aromatic rings. The summed E-state index contributed by atoms with van der Waals surface area (Å²) in [4.78, 5) is 0. The Kier molecular flexibility index (Phi) is 3.99. The van der Waals surface area contributed by atoms with Gasteiger partial charge in [0.25, 0.3) is 0 Å². The smallest absolute Gasteiger partial charge is 0.0483 e. The van der Waals surface area contributed by atoms with Crippen molar-refractivity contribution in [1.82, 2.24) is 9.88 Å². The van der Waals surface area contributed by atoms with Crippen molar-refractivity contribution in [3.63, 3.8) is 0 Å². The molecule has 0 aliphatic carbocycles. The van der Waals surface area contributed by atoms with Gasteiger partial charge in [0.15, 0.2) is 0 Å². The van der Waals surface area contributed by atoms with E-state index in [1.807, 2.05) is 13.1 Å². The van der Waals surface area contributed by atoms with E-state index in [9.17, 15) is 0 Å². The first kappa shape index (κ1) is 11.9. The number of unbranched alkanes of at least 4 members (excludes halogenated alkanes) is 1. The summed E-state index contributed by atoms with van der Waals surface area (Å²) in [6.45, 7) is 5.76. The van der Waals surface area contributed by atoms with Crippen molar-refractivity contribution in [3.05, 3.63) is 48.7 Å². The molecular formula is C15H20N2. The number of para-hydroxylation sites is 1. The lowest BCUT2D eigenvalue weighted by atomic mass is 10.2. The van der Waals surface area contributed by atoms with E-state index >= 15 is 0 Å². The van der Waals surface area contributed by atoms with Crippen LogP contribution in [-0.2, 0) is 13.1 Å². The lowest BCUT2D eigenvalue weighted by Gasteiger charge is -2.03. The van der Waals surface area contributed by atoms with Crippen LogP contribution in [-0.4, -0.2) is 11.6 Å². The number of aromatic nitrogens is 1. The Morgan fingerprint density at radius 2 is 2.18 bits per heavy atom. The Morgan fingerprint density at radius 3 is 2.94 bits per heavy atom. The normalized spacial score (nSPS) is 10.9. The summed E-state index contributed by atoms with van der Waals surface area (Å²) in [5.41, 5.74) is 2.71. The van der Waals surface area contributed by atoms with Crippen LogP contribution in [0.3, 0.4) is 0 Å². The molecule has 1 N–H and O–H groups in total. The second kappa shape index (κ2) is 5.69. The molecule has 2 nitrogen and oxygen atoms in total. The van der Waals surface area contributed by atoms with Crippen LogP contribution in [0.15, 0.2) is 43.1 Å². The second-order valence-corrected chi connectivity index (χ2v) is 4.33. The quantitative estimate of drug-likeness (QED) is 0.593. The van der Waals surface area contributed by atoms with E-state index in [-0.39, 0.29) is 0 Å². The lowest BCUT2D eigenvalue weighted by Crippen LogP contribution is -2.04. The molecule has 2 heteroatoms. The van der Waals surface area contributed by atoms with Crippen LogP contribution < -0.4 is 5.32 Å². The molecule has 0 saturated carbocycles. The minimum absolute atomic E-state index is 0.926. The fourth-order valence-electron chi connectivity index (χ4n) is 2.25. The molecule has 0 aliphatic heterocycles. The Bertz CT molecular complexity index is 497. The van der Waals surface area contributed by atoms with Gasteiger partial charge in [0, 0.05) is 30.2 Å². The predicted molar refractivity (Wildman–Crippen MR) is 74.1 cm³/mol. The van der Waals surface area contributed by atoms with Crippen molar-refractivity contribution in [2.75, 3.05) is 7.05 Å². The second-order valence-electron chi connectivity index (χ2n) is 4.33. The van der Waals surface area contributed by atoms with Gasteiger partial charge < -0.3 is 9.88 Å². The molecule has 0 fully saturated rings. The SMILES string of the molecule is C=CCCCn1cc(CNC)c2ccccc21. The highest BCUT2D eigenvalue weighted by Gasteiger charge is 2.06. The number of hydrogen-bond donors (Lipinski definition) is 1. The first-order chi connectivity index (χ1) is 8.36. The van der Waals surface area contributed by atoms with Crippen LogP contribution in [0.25, 0.3) is 10.9 Å². The number of rotatable bonds is 6. The van der Waals surface area contributed by atoms with Gasteiger partial charge in [-0.05, 0) is 31.5 Å². The highest BCUT2D eigenvalue weighted by atomic mass is 15.0. The minimum Gasteiger partial charge on any atom is -0.347 e. The molecule has 90 valence electrons. The van der Waals surface area contributed by atoms with Crippen LogP contribution in [0.1, 0.15) is 18.4 Å². The Labute approximate surface area is 103 Å². The van der Waals surface area contributed by atoms with E-state index in [0.717, 1.165) is 25.9 Å². The maximum absolute atomic E-state index is 3.77. The van der Waals surface area contributed by atoms with Gasteiger partial charge in [0.1, 0.15) is 0 Å². The Balaban J connectivity index is 2.31. The molecule has 0 spiro atoms. The van der Waals surface area contributed by atoms with E-state index in [1.165, 1.54) is 16.5 Å². The van der Waals surface area contributed by atoms with Crippen molar-refractivity contribution < 1.29 is 0 Å². The first-order valence-corrected chi connectivity index (χ1v) is 6.19. The molecular weight excluding hydrogens is 208 g/mol. The Morgan fingerprint density at radius 1 is 1.35 bits per heavy atom. The average Bonchev–Trinajstić information content (AvgIpc) is 2.70. The molecule has 0 unspecified atom stereocenters. The number of allylic oxidation sites excluding steroid dienone is 1. The van der Waals surface area contributed by atoms with Crippen molar-refractivity contribution in [2.24, 2.45) is 0 Å². The third kappa shape index (κ3) is 2.59. The zero-order valence-electron chi connectivity index (χ0n) is 10.4. The van der Waals surface area contributed by atoms with Gasteiger partial charge in [-0.2, -0.15) is 0 Å². The standard InChI is InChI=1S/C15H20N2/c1-3-4-7-10-17-12-13(11-16-2)14-8-5-6-9-15(14)17/h3,5-6,8-9,12,16H,1,4,7,10-11H2,2H3. The minimum atomic E-state index is 0.926. The number of benzene rings is 1. The molecule has 0 saturated heterocycles. The summed E-state index contributed by atoms with van der Waals surface area (Å²) in [5, 5.41) is 4.59. The summed E-state index contributed by atoms with van der Waals surface area (Å²) in [7, 11) is 1.99. The molecule has 0 bridgehead atoms. The van der Waals surface area contributed by atoms with Crippen LogP contribution in [0.2, 0.25) is 0 Å². The molecule has 17 heavy (non-hydrogen) atoms. The van der Waals surface area contributed by atoms with Gasteiger partial charge in [-0.1, -0.05) is 24.3 Å².